The van der Waals surface area contributed by atoms with Crippen LogP contribution in [-0.2, 0) is 7.05 Å². The van der Waals surface area contributed by atoms with Gasteiger partial charge in [-0.25, -0.2) is 9.97 Å². The molecule has 0 saturated carbocycles. The Kier molecular flexibility index (Phi) is 5.20. The molecule has 1 amide bonds. The smallest absolute Gasteiger partial charge is 0.256 e. The summed E-state index contributed by atoms with van der Waals surface area (Å²) in [5, 5.41) is 7.99. The number of aromatic nitrogens is 5. The fourth-order valence-corrected chi connectivity index (χ4v) is 3.74. The molecule has 0 unspecified atom stereocenters. The Balaban J connectivity index is 1.38. The van der Waals surface area contributed by atoms with Crippen LogP contribution in [0.5, 0.6) is 0 Å². The van der Waals surface area contributed by atoms with Crippen molar-refractivity contribution >= 4 is 28.2 Å². The molecule has 0 aliphatic carbocycles. The minimum Gasteiger partial charge on any atom is -0.306 e. The summed E-state index contributed by atoms with van der Waals surface area (Å²) in [6.45, 7) is 1.88. The van der Waals surface area contributed by atoms with Gasteiger partial charge in [-0.15, -0.1) is 0 Å². The average Bonchev–Trinajstić information content (AvgIpc) is 3.25. The lowest BCUT2D eigenvalue weighted by Crippen LogP contribution is -2.24. The number of likely N-dealkylation sites (N-methyl/N-ethyl adjacent to an activating group) is 1. The third kappa shape index (κ3) is 4.13. The molecular formula is C24H23N7O. The van der Waals surface area contributed by atoms with E-state index >= 15 is 0 Å². The number of hydrogen-bond acceptors (Lipinski definition) is 6. The summed E-state index contributed by atoms with van der Waals surface area (Å²) in [6, 6.07) is 9.25. The molecule has 32 heavy (non-hydrogen) atoms. The molecule has 1 aliphatic rings. The van der Waals surface area contributed by atoms with Crippen LogP contribution < -0.4 is 5.32 Å². The first-order chi connectivity index (χ1) is 15.5. The van der Waals surface area contributed by atoms with Gasteiger partial charge >= 0.3 is 0 Å². The lowest BCUT2D eigenvalue weighted by molar-refractivity contribution is 0.102. The predicted molar refractivity (Wildman–Crippen MR) is 124 cm³/mol. The van der Waals surface area contributed by atoms with Gasteiger partial charge < -0.3 is 10.2 Å². The van der Waals surface area contributed by atoms with E-state index in [0.717, 1.165) is 47.4 Å². The number of carbonyl (C=O) groups excluding carboxylic acids is 1. The first-order valence-electron chi connectivity index (χ1n) is 10.5. The summed E-state index contributed by atoms with van der Waals surface area (Å²) < 4.78 is 1.74. The van der Waals surface area contributed by atoms with Gasteiger partial charge in [0.25, 0.3) is 5.91 Å². The van der Waals surface area contributed by atoms with Gasteiger partial charge in [0.05, 0.1) is 23.1 Å². The molecule has 160 valence electrons. The van der Waals surface area contributed by atoms with E-state index in [2.05, 4.69) is 38.4 Å². The maximum Gasteiger partial charge on any atom is 0.256 e. The summed E-state index contributed by atoms with van der Waals surface area (Å²) >= 11 is 0. The Bertz CT molecular complexity index is 1340. The van der Waals surface area contributed by atoms with E-state index in [1.165, 1.54) is 5.57 Å². The number of rotatable bonds is 4. The minimum absolute atomic E-state index is 0.225. The highest BCUT2D eigenvalue weighted by atomic mass is 16.1. The third-order valence-corrected chi connectivity index (χ3v) is 5.58. The van der Waals surface area contributed by atoms with Gasteiger partial charge in [0.1, 0.15) is 5.82 Å². The number of nitrogens with zero attached hydrogens (tertiary/aromatic N) is 6. The van der Waals surface area contributed by atoms with E-state index < -0.39 is 0 Å². The largest absolute Gasteiger partial charge is 0.306 e. The van der Waals surface area contributed by atoms with E-state index in [1.807, 2.05) is 31.4 Å². The van der Waals surface area contributed by atoms with E-state index in [0.29, 0.717) is 11.4 Å². The normalized spacial score (nSPS) is 14.4. The number of nitrogens with one attached hydrogen (secondary N) is 1. The highest BCUT2D eigenvalue weighted by Gasteiger charge is 2.14. The van der Waals surface area contributed by atoms with Gasteiger partial charge in [-0.2, -0.15) is 5.10 Å². The Hall–Kier alpha value is -3.91. The highest BCUT2D eigenvalue weighted by Crippen LogP contribution is 2.23. The van der Waals surface area contributed by atoms with Gasteiger partial charge in [-0.05, 0) is 43.3 Å². The summed E-state index contributed by atoms with van der Waals surface area (Å²) in [5.41, 5.74) is 5.08. The van der Waals surface area contributed by atoms with Crippen molar-refractivity contribution in [1.29, 1.82) is 0 Å². The molecule has 8 nitrogen and oxygen atoms in total. The molecule has 1 N–H and O–H groups in total. The first kappa shape index (κ1) is 20.0. The van der Waals surface area contributed by atoms with E-state index in [1.54, 1.807) is 35.4 Å². The van der Waals surface area contributed by atoms with Crippen LogP contribution in [0, 0.1) is 0 Å². The van der Waals surface area contributed by atoms with Crippen molar-refractivity contribution in [3.8, 4) is 11.3 Å². The van der Waals surface area contributed by atoms with Gasteiger partial charge in [-0.1, -0.05) is 6.08 Å². The maximum atomic E-state index is 12.9. The van der Waals surface area contributed by atoms with Crippen LogP contribution in [0.25, 0.3) is 27.7 Å². The number of carbonyl (C=O) groups is 1. The van der Waals surface area contributed by atoms with Crippen molar-refractivity contribution in [2.75, 3.05) is 25.5 Å². The SMILES string of the molecule is CN1CC=C(c2cc(C(=O)Nc3cc4nc(-c5cnn(C)c5)ccc4cn3)ccn2)CC1. The maximum absolute atomic E-state index is 12.9. The Morgan fingerprint density at radius 2 is 1.97 bits per heavy atom. The van der Waals surface area contributed by atoms with E-state index in [9.17, 15) is 4.79 Å². The first-order valence-corrected chi connectivity index (χ1v) is 10.5. The summed E-state index contributed by atoms with van der Waals surface area (Å²) in [5.74, 6) is 0.229. The molecule has 1 aliphatic heterocycles. The monoisotopic (exact) mass is 425 g/mol. The highest BCUT2D eigenvalue weighted by molar-refractivity contribution is 6.04. The lowest BCUT2D eigenvalue weighted by atomic mass is 10.0. The number of hydrogen-bond donors (Lipinski definition) is 1. The summed E-state index contributed by atoms with van der Waals surface area (Å²) in [4.78, 5) is 28.7. The summed E-state index contributed by atoms with van der Waals surface area (Å²) in [6.07, 6.45) is 10.2. The van der Waals surface area contributed by atoms with Crippen molar-refractivity contribution in [2.24, 2.45) is 7.05 Å². The fourth-order valence-electron chi connectivity index (χ4n) is 3.74. The lowest BCUT2D eigenvalue weighted by Gasteiger charge is -2.21. The molecule has 4 aromatic rings. The zero-order valence-electron chi connectivity index (χ0n) is 18.0. The second kappa shape index (κ2) is 8.32. The third-order valence-electron chi connectivity index (χ3n) is 5.58. The number of fused-ring (bicyclic) bond motifs is 1. The zero-order chi connectivity index (χ0) is 22.1. The van der Waals surface area contributed by atoms with Crippen LogP contribution in [-0.4, -0.2) is 55.7 Å². The molecule has 0 radical (unpaired) electrons. The molecule has 0 aromatic carbocycles. The average molecular weight is 425 g/mol. The van der Waals surface area contributed by atoms with Crippen LogP contribution in [0.1, 0.15) is 22.5 Å². The molecule has 4 aromatic heterocycles. The Labute approximate surface area is 185 Å². The van der Waals surface area contributed by atoms with Crippen LogP contribution in [0.15, 0.2) is 61.2 Å². The van der Waals surface area contributed by atoms with Crippen molar-refractivity contribution in [3.63, 3.8) is 0 Å². The molecular weight excluding hydrogens is 402 g/mol. The van der Waals surface area contributed by atoms with Crippen molar-refractivity contribution < 1.29 is 4.79 Å². The van der Waals surface area contributed by atoms with Crippen molar-refractivity contribution in [3.05, 3.63) is 72.5 Å². The van der Waals surface area contributed by atoms with Crippen LogP contribution in [0.4, 0.5) is 5.82 Å². The molecule has 0 atom stereocenters. The quantitative estimate of drug-likeness (QED) is 0.539. The Morgan fingerprint density at radius 3 is 2.75 bits per heavy atom. The number of amides is 1. The molecule has 0 spiro atoms. The van der Waals surface area contributed by atoms with Crippen LogP contribution >= 0.6 is 0 Å². The predicted octanol–water partition coefficient (Wildman–Crippen LogP) is 3.40. The van der Waals surface area contributed by atoms with Crippen molar-refractivity contribution in [1.82, 2.24) is 29.6 Å². The van der Waals surface area contributed by atoms with Gasteiger partial charge in [-0.3, -0.25) is 14.5 Å². The topological polar surface area (TPSA) is 88.8 Å². The summed E-state index contributed by atoms with van der Waals surface area (Å²) in [7, 11) is 3.96. The molecule has 0 fully saturated rings. The standard InChI is InChI=1S/C24H23N7O/c1-30-9-6-16(7-10-30)21-11-17(5-8-25-21)24(32)29-23-12-22-18(13-26-23)3-4-20(28-22)19-14-27-31(2)15-19/h3-6,8,11-15H,7,9-10H2,1-2H3,(H,26,29,32). The van der Waals surface area contributed by atoms with Crippen molar-refractivity contribution in [2.45, 2.75) is 6.42 Å². The van der Waals surface area contributed by atoms with Gasteiger partial charge in [0, 0.05) is 61.3 Å². The molecule has 5 rings (SSSR count). The minimum atomic E-state index is -0.225. The zero-order valence-corrected chi connectivity index (χ0v) is 18.0. The van der Waals surface area contributed by atoms with E-state index in [4.69, 9.17) is 4.98 Å². The second-order valence-corrected chi connectivity index (χ2v) is 7.99. The number of pyridine rings is 3. The molecule has 0 saturated heterocycles. The fraction of sp³-hybridized carbons (Fsp3) is 0.208. The van der Waals surface area contributed by atoms with Crippen LogP contribution in [0.3, 0.4) is 0 Å². The number of aryl methyl sites for hydroxylation is 1. The van der Waals surface area contributed by atoms with E-state index in [-0.39, 0.29) is 5.91 Å². The van der Waals surface area contributed by atoms with Crippen LogP contribution in [0.2, 0.25) is 0 Å². The number of anilines is 1. The molecule has 0 bridgehead atoms. The molecule has 8 heteroatoms. The Morgan fingerprint density at radius 1 is 1.06 bits per heavy atom. The van der Waals surface area contributed by atoms with Gasteiger partial charge in [0.2, 0.25) is 0 Å². The second-order valence-electron chi connectivity index (χ2n) is 7.99. The molecule has 5 heterocycles. The van der Waals surface area contributed by atoms with Gasteiger partial charge in [0.15, 0.2) is 0 Å².